The average Bonchev–Trinajstić information content (AvgIpc) is 3.51. The van der Waals surface area contributed by atoms with Crippen molar-refractivity contribution in [1.82, 2.24) is 4.90 Å². The molecule has 0 spiro atoms. The summed E-state index contributed by atoms with van der Waals surface area (Å²) in [4.78, 5) is 27.3. The van der Waals surface area contributed by atoms with Gasteiger partial charge in [0.15, 0.2) is 0 Å². The van der Waals surface area contributed by atoms with Crippen LogP contribution in [0.4, 0.5) is 0 Å². The third-order valence-corrected chi connectivity index (χ3v) is 5.95. The van der Waals surface area contributed by atoms with E-state index >= 15 is 0 Å². The standard InChI is InChI=1S/C23H23NO6/c1-13-10-15-11-14(6-7-17(15)30-13)21(25)19-20(18-5-3-9-29-18)24(23(27)22(19)26)12-16-4-2-8-28-16/h3,5-7,9,11,13,16,20,25H,2,4,8,10,12H2,1H3/t13-,16-,20+/m1/s1. The number of fused-ring (bicyclic) bond motifs is 1. The first-order chi connectivity index (χ1) is 14.5. The van der Waals surface area contributed by atoms with Crippen LogP contribution in [-0.4, -0.2) is 47.1 Å². The fourth-order valence-corrected chi connectivity index (χ4v) is 4.54. The van der Waals surface area contributed by atoms with Gasteiger partial charge >= 0.3 is 0 Å². The van der Waals surface area contributed by atoms with Crippen LogP contribution in [0.5, 0.6) is 5.75 Å². The second-order valence-electron chi connectivity index (χ2n) is 8.06. The van der Waals surface area contributed by atoms with Gasteiger partial charge in [-0.25, -0.2) is 0 Å². The SMILES string of the molecule is C[C@@H]1Cc2cc(C(O)=C3C(=O)C(=O)N(C[C@H]4CCCO4)[C@H]3c3ccco3)ccc2O1. The van der Waals surface area contributed by atoms with Crippen LogP contribution in [-0.2, 0) is 20.7 Å². The molecule has 3 aliphatic rings. The zero-order valence-electron chi connectivity index (χ0n) is 16.7. The Hall–Kier alpha value is -3.06. The minimum atomic E-state index is -0.785. The maximum atomic E-state index is 13.0. The van der Waals surface area contributed by atoms with Crippen LogP contribution in [0.25, 0.3) is 5.76 Å². The van der Waals surface area contributed by atoms with E-state index in [2.05, 4.69) is 0 Å². The van der Waals surface area contributed by atoms with Gasteiger partial charge in [0.25, 0.3) is 11.7 Å². The molecule has 0 saturated carbocycles. The summed E-state index contributed by atoms with van der Waals surface area (Å²) in [5.41, 5.74) is 1.49. The van der Waals surface area contributed by atoms with E-state index in [0.29, 0.717) is 17.9 Å². The smallest absolute Gasteiger partial charge is 0.295 e. The lowest BCUT2D eigenvalue weighted by Crippen LogP contribution is -2.36. The topological polar surface area (TPSA) is 89.2 Å². The fourth-order valence-electron chi connectivity index (χ4n) is 4.54. The van der Waals surface area contributed by atoms with Crippen molar-refractivity contribution in [3.63, 3.8) is 0 Å². The summed E-state index contributed by atoms with van der Waals surface area (Å²) in [6, 6.07) is 7.95. The summed E-state index contributed by atoms with van der Waals surface area (Å²) in [7, 11) is 0. The van der Waals surface area contributed by atoms with Crippen molar-refractivity contribution in [3.05, 3.63) is 59.1 Å². The Morgan fingerprint density at radius 1 is 1.27 bits per heavy atom. The van der Waals surface area contributed by atoms with Gasteiger partial charge in [-0.3, -0.25) is 9.59 Å². The maximum Gasteiger partial charge on any atom is 0.295 e. The molecule has 1 aromatic heterocycles. The number of furan rings is 1. The van der Waals surface area contributed by atoms with Crippen LogP contribution in [0.2, 0.25) is 0 Å². The van der Waals surface area contributed by atoms with Gasteiger partial charge in [-0.05, 0) is 55.7 Å². The largest absolute Gasteiger partial charge is 0.507 e. The second kappa shape index (κ2) is 7.32. The van der Waals surface area contributed by atoms with E-state index in [0.717, 1.165) is 30.6 Å². The fraction of sp³-hybridized carbons (Fsp3) is 0.391. The number of carbonyl (C=O) groups excluding carboxylic acids is 2. The van der Waals surface area contributed by atoms with Crippen LogP contribution in [0.3, 0.4) is 0 Å². The lowest BCUT2D eigenvalue weighted by Gasteiger charge is -2.25. The molecule has 3 aliphatic heterocycles. The minimum Gasteiger partial charge on any atom is -0.507 e. The number of aliphatic hydroxyl groups excluding tert-OH is 1. The van der Waals surface area contributed by atoms with Gasteiger partial charge in [-0.15, -0.1) is 0 Å². The third-order valence-electron chi connectivity index (χ3n) is 5.95. The van der Waals surface area contributed by atoms with Crippen molar-refractivity contribution in [2.24, 2.45) is 0 Å². The van der Waals surface area contributed by atoms with E-state index < -0.39 is 17.7 Å². The van der Waals surface area contributed by atoms with Crippen LogP contribution in [0.1, 0.15) is 42.7 Å². The van der Waals surface area contributed by atoms with Gasteiger partial charge in [-0.2, -0.15) is 0 Å². The van der Waals surface area contributed by atoms with E-state index in [1.165, 1.54) is 11.2 Å². The Labute approximate surface area is 173 Å². The number of hydrogen-bond acceptors (Lipinski definition) is 6. The number of Topliss-reactive ketones (excluding diaryl/α,β-unsaturated/α-hetero) is 1. The molecule has 0 radical (unpaired) electrons. The summed E-state index contributed by atoms with van der Waals surface area (Å²) in [6.45, 7) is 2.91. The second-order valence-corrected chi connectivity index (χ2v) is 8.06. The molecule has 0 aliphatic carbocycles. The molecular weight excluding hydrogens is 386 g/mol. The van der Waals surface area contributed by atoms with Crippen molar-refractivity contribution in [2.45, 2.75) is 44.4 Å². The highest BCUT2D eigenvalue weighted by Crippen LogP contribution is 2.41. The molecule has 0 bridgehead atoms. The average molecular weight is 409 g/mol. The Balaban J connectivity index is 1.57. The number of aliphatic hydroxyl groups is 1. The molecule has 1 amide bonds. The summed E-state index contributed by atoms with van der Waals surface area (Å²) in [5, 5.41) is 11.1. The molecule has 2 aromatic rings. The molecule has 7 heteroatoms. The molecule has 2 fully saturated rings. The van der Waals surface area contributed by atoms with Crippen LogP contribution < -0.4 is 4.74 Å². The van der Waals surface area contributed by atoms with Gasteiger partial charge < -0.3 is 23.9 Å². The maximum absolute atomic E-state index is 13.0. The van der Waals surface area contributed by atoms with Gasteiger partial charge in [-0.1, -0.05) is 0 Å². The Bertz CT molecular complexity index is 1020. The van der Waals surface area contributed by atoms with Crippen molar-refractivity contribution in [1.29, 1.82) is 0 Å². The van der Waals surface area contributed by atoms with E-state index in [1.54, 1.807) is 24.3 Å². The summed E-state index contributed by atoms with van der Waals surface area (Å²) < 4.78 is 17.0. The Morgan fingerprint density at radius 3 is 2.87 bits per heavy atom. The molecule has 1 N–H and O–H groups in total. The molecule has 5 rings (SSSR count). The van der Waals surface area contributed by atoms with Crippen molar-refractivity contribution < 1.29 is 28.6 Å². The molecule has 4 heterocycles. The highest BCUT2D eigenvalue weighted by molar-refractivity contribution is 6.46. The zero-order valence-corrected chi connectivity index (χ0v) is 16.7. The monoisotopic (exact) mass is 409 g/mol. The lowest BCUT2D eigenvalue weighted by atomic mass is 9.97. The van der Waals surface area contributed by atoms with Gasteiger partial charge in [0.1, 0.15) is 29.4 Å². The normalized spacial score (nSPS) is 27.5. The quantitative estimate of drug-likeness (QED) is 0.474. The molecule has 1 aromatic carbocycles. The number of benzene rings is 1. The molecule has 2 saturated heterocycles. The Kier molecular flexibility index (Phi) is 4.62. The Morgan fingerprint density at radius 2 is 2.13 bits per heavy atom. The molecule has 30 heavy (non-hydrogen) atoms. The van der Waals surface area contributed by atoms with Crippen LogP contribution in [0, 0.1) is 0 Å². The molecule has 3 atom stereocenters. The number of hydrogen-bond donors (Lipinski definition) is 1. The van der Waals surface area contributed by atoms with E-state index in [-0.39, 0.29) is 30.1 Å². The highest BCUT2D eigenvalue weighted by Gasteiger charge is 2.48. The van der Waals surface area contributed by atoms with Gasteiger partial charge in [0.2, 0.25) is 0 Å². The van der Waals surface area contributed by atoms with Gasteiger partial charge in [0, 0.05) is 25.1 Å². The number of ketones is 1. The molecule has 0 unspecified atom stereocenters. The highest BCUT2D eigenvalue weighted by atomic mass is 16.5. The summed E-state index contributed by atoms with van der Waals surface area (Å²) >= 11 is 0. The van der Waals surface area contributed by atoms with Crippen molar-refractivity contribution in [2.75, 3.05) is 13.2 Å². The first-order valence-electron chi connectivity index (χ1n) is 10.3. The molecule has 156 valence electrons. The van der Waals surface area contributed by atoms with Crippen LogP contribution >= 0.6 is 0 Å². The summed E-state index contributed by atoms with van der Waals surface area (Å²) in [6.07, 6.45) is 3.92. The minimum absolute atomic E-state index is 0.0415. The summed E-state index contributed by atoms with van der Waals surface area (Å²) in [5.74, 6) is -0.345. The van der Waals surface area contributed by atoms with Crippen molar-refractivity contribution in [3.8, 4) is 5.75 Å². The predicted octanol–water partition coefficient (Wildman–Crippen LogP) is 3.20. The molecule has 7 nitrogen and oxygen atoms in total. The van der Waals surface area contributed by atoms with Crippen molar-refractivity contribution >= 4 is 17.4 Å². The third kappa shape index (κ3) is 3.10. The number of amides is 1. The predicted molar refractivity (Wildman–Crippen MR) is 107 cm³/mol. The zero-order chi connectivity index (χ0) is 20.8. The molecular formula is C23H23NO6. The van der Waals surface area contributed by atoms with Crippen LogP contribution in [0.15, 0.2) is 46.6 Å². The first kappa shape index (κ1) is 18.9. The number of ether oxygens (including phenoxy) is 2. The lowest BCUT2D eigenvalue weighted by molar-refractivity contribution is -0.141. The number of likely N-dealkylation sites (tertiary alicyclic amines) is 1. The number of nitrogens with zero attached hydrogens (tertiary/aromatic N) is 1. The number of rotatable bonds is 4. The number of carbonyl (C=O) groups is 2. The van der Waals surface area contributed by atoms with E-state index in [4.69, 9.17) is 13.9 Å². The van der Waals surface area contributed by atoms with E-state index in [1.807, 2.05) is 13.0 Å². The first-order valence-corrected chi connectivity index (χ1v) is 10.3. The van der Waals surface area contributed by atoms with E-state index in [9.17, 15) is 14.7 Å². The van der Waals surface area contributed by atoms with Gasteiger partial charge in [0.05, 0.1) is 17.9 Å².